The number of rotatable bonds is 4. The van der Waals surface area contributed by atoms with Gasteiger partial charge in [0.2, 0.25) is 0 Å². The number of halogens is 2. The van der Waals surface area contributed by atoms with E-state index in [0.717, 1.165) is 36.7 Å². The molecule has 1 aliphatic carbocycles. The molecule has 2 nitrogen and oxygen atoms in total. The van der Waals surface area contributed by atoms with Gasteiger partial charge in [-0.1, -0.05) is 11.6 Å². The van der Waals surface area contributed by atoms with Gasteiger partial charge in [0.15, 0.2) is 0 Å². The lowest BCUT2D eigenvalue weighted by molar-refractivity contribution is -0.924. The molecule has 0 radical (unpaired) electrons. The first-order valence-corrected chi connectivity index (χ1v) is 7.24. The Morgan fingerprint density at radius 2 is 2.25 bits per heavy atom. The fourth-order valence-electron chi connectivity index (χ4n) is 3.10. The molecule has 0 amide bonds. The summed E-state index contributed by atoms with van der Waals surface area (Å²) in [7, 11) is 1.72. The van der Waals surface area contributed by atoms with Crippen LogP contribution in [-0.4, -0.2) is 20.2 Å². The second-order valence-corrected chi connectivity index (χ2v) is 5.39. The Hall–Kier alpha value is -0.880. The smallest absolute Gasteiger partial charge is 0.139 e. The molecular weight excluding hydrogens is 293 g/mol. The zero-order valence-electron chi connectivity index (χ0n) is 12.0. The highest BCUT2D eigenvalue weighted by Gasteiger charge is 2.31. The van der Waals surface area contributed by atoms with Gasteiger partial charge >= 0.3 is 0 Å². The Morgan fingerprint density at radius 1 is 1.50 bits per heavy atom. The van der Waals surface area contributed by atoms with Crippen LogP contribution in [0.4, 0.5) is 0 Å². The molecule has 110 valence electrons. The topological polar surface area (TPSA) is 13.7 Å². The number of terminal acetylenes is 1. The van der Waals surface area contributed by atoms with Gasteiger partial charge in [-0.2, -0.15) is 0 Å². The molecule has 4 heteroatoms. The monoisotopic (exact) mass is 313 g/mol. The van der Waals surface area contributed by atoms with Crippen LogP contribution < -0.4 is 22.0 Å². The number of methoxy groups -OCH3 is 1. The van der Waals surface area contributed by atoms with Crippen LogP contribution in [0.5, 0.6) is 5.75 Å². The van der Waals surface area contributed by atoms with Crippen molar-refractivity contribution in [3.63, 3.8) is 0 Å². The van der Waals surface area contributed by atoms with Crippen molar-refractivity contribution in [1.82, 2.24) is 0 Å². The summed E-state index contributed by atoms with van der Waals surface area (Å²) >= 11 is 6.45. The zero-order valence-corrected chi connectivity index (χ0v) is 13.5. The summed E-state index contributed by atoms with van der Waals surface area (Å²) in [5, 5.41) is 0.850. The van der Waals surface area contributed by atoms with Gasteiger partial charge in [-0.15, -0.1) is 6.42 Å². The quantitative estimate of drug-likeness (QED) is 0.724. The Labute approximate surface area is 132 Å². The number of hydrogen-bond donors (Lipinski definition) is 1. The number of nitrogens with one attached hydrogen (secondary N) is 1. The summed E-state index contributed by atoms with van der Waals surface area (Å²) in [5.74, 6) is 3.74. The van der Waals surface area contributed by atoms with Gasteiger partial charge in [-0.05, 0) is 37.8 Å². The van der Waals surface area contributed by atoms with E-state index < -0.39 is 0 Å². The fourth-order valence-corrected chi connectivity index (χ4v) is 3.41. The van der Waals surface area contributed by atoms with Gasteiger partial charge in [0.1, 0.15) is 18.3 Å². The maximum Gasteiger partial charge on any atom is 0.139 e. The first-order chi connectivity index (χ1) is 9.22. The van der Waals surface area contributed by atoms with Crippen LogP contribution in [0.3, 0.4) is 0 Å². The van der Waals surface area contributed by atoms with E-state index in [0.29, 0.717) is 6.04 Å². The van der Waals surface area contributed by atoms with E-state index in [-0.39, 0.29) is 12.4 Å². The molecule has 1 aliphatic rings. The molecule has 2 atom stereocenters. The minimum absolute atomic E-state index is 0. The molecule has 0 fully saturated rings. The lowest BCUT2D eigenvalue weighted by Crippen LogP contribution is -3.12. The average Bonchev–Trinajstić information content (AvgIpc) is 2.45. The SMILES string of the molecule is C#CC[NH+](CC)C1CCCc2c(OC)ccc(Cl)c21.[Cl-]. The number of fused-ring (bicyclic) bond motifs is 1. The predicted octanol–water partition coefficient (Wildman–Crippen LogP) is -0.732. The van der Waals surface area contributed by atoms with E-state index in [4.69, 9.17) is 22.8 Å². The van der Waals surface area contributed by atoms with Crippen molar-refractivity contribution in [2.24, 2.45) is 0 Å². The second-order valence-electron chi connectivity index (χ2n) is 4.98. The second kappa shape index (κ2) is 7.78. The number of ether oxygens (including phenoxy) is 1. The van der Waals surface area contributed by atoms with Crippen molar-refractivity contribution in [3.05, 3.63) is 28.3 Å². The Morgan fingerprint density at radius 3 is 2.85 bits per heavy atom. The summed E-state index contributed by atoms with van der Waals surface area (Å²) in [6.07, 6.45) is 8.85. The largest absolute Gasteiger partial charge is 1.00 e. The summed E-state index contributed by atoms with van der Waals surface area (Å²) in [6, 6.07) is 4.31. The van der Waals surface area contributed by atoms with Crippen LogP contribution in [0.2, 0.25) is 5.02 Å². The molecule has 0 bridgehead atoms. The Balaban J connectivity index is 0.00000200. The molecule has 20 heavy (non-hydrogen) atoms. The molecule has 0 saturated carbocycles. The van der Waals surface area contributed by atoms with E-state index in [9.17, 15) is 0 Å². The van der Waals surface area contributed by atoms with Gasteiger partial charge in [-0.3, -0.25) is 0 Å². The highest BCUT2D eigenvalue weighted by atomic mass is 35.5. The summed E-state index contributed by atoms with van der Waals surface area (Å²) in [6.45, 7) is 3.94. The van der Waals surface area contributed by atoms with Crippen molar-refractivity contribution in [2.45, 2.75) is 32.2 Å². The van der Waals surface area contributed by atoms with Crippen LogP contribution in [-0.2, 0) is 6.42 Å². The molecular formula is C16H21Cl2NO. The fraction of sp³-hybridized carbons (Fsp3) is 0.500. The molecule has 0 aliphatic heterocycles. The maximum atomic E-state index is 6.45. The molecule has 1 N–H and O–H groups in total. The van der Waals surface area contributed by atoms with E-state index in [1.165, 1.54) is 22.4 Å². The van der Waals surface area contributed by atoms with Gasteiger partial charge in [0.25, 0.3) is 0 Å². The van der Waals surface area contributed by atoms with Gasteiger partial charge in [0, 0.05) is 17.5 Å². The van der Waals surface area contributed by atoms with E-state index in [2.05, 4.69) is 12.8 Å². The first kappa shape index (κ1) is 17.2. The molecule has 1 aromatic rings. The summed E-state index contributed by atoms with van der Waals surface area (Å²) < 4.78 is 5.48. The highest BCUT2D eigenvalue weighted by molar-refractivity contribution is 6.31. The van der Waals surface area contributed by atoms with Crippen LogP contribution in [0.15, 0.2) is 12.1 Å². The van der Waals surface area contributed by atoms with Crippen LogP contribution in [0, 0.1) is 12.3 Å². The van der Waals surface area contributed by atoms with E-state index >= 15 is 0 Å². The lowest BCUT2D eigenvalue weighted by atomic mass is 9.86. The molecule has 0 aromatic heterocycles. The molecule has 0 saturated heterocycles. The third-order valence-electron chi connectivity index (χ3n) is 4.02. The van der Waals surface area contributed by atoms with Gasteiger partial charge in [-0.25, -0.2) is 0 Å². The predicted molar refractivity (Wildman–Crippen MR) is 78.9 cm³/mol. The highest BCUT2D eigenvalue weighted by Crippen LogP contribution is 2.38. The molecule has 0 heterocycles. The Bertz CT molecular complexity index is 496. The molecule has 2 unspecified atom stereocenters. The standard InChI is InChI=1S/C16H20ClNO.ClH/c1-4-11-18(5-2)14-8-6-7-12-15(19-3)10-9-13(17)16(12)14;/h1,9-10,14H,5-8,11H2,2-3H3;1H. The molecule has 1 aromatic carbocycles. The third-order valence-corrected chi connectivity index (χ3v) is 4.35. The van der Waals surface area contributed by atoms with Crippen LogP contribution in [0.1, 0.15) is 36.9 Å². The maximum absolute atomic E-state index is 6.45. The lowest BCUT2D eigenvalue weighted by Gasteiger charge is -2.32. The van der Waals surface area contributed by atoms with Crippen molar-refractivity contribution in [3.8, 4) is 18.1 Å². The number of quaternary nitrogens is 1. The Kier molecular flexibility index (Phi) is 6.68. The van der Waals surface area contributed by atoms with Gasteiger partial charge in [0.05, 0.1) is 18.7 Å². The average molecular weight is 314 g/mol. The molecule has 0 spiro atoms. The van der Waals surface area contributed by atoms with Crippen LogP contribution >= 0.6 is 11.6 Å². The van der Waals surface area contributed by atoms with Crippen molar-refractivity contribution in [2.75, 3.05) is 20.2 Å². The summed E-state index contributed by atoms with van der Waals surface area (Å²) in [4.78, 5) is 1.42. The zero-order chi connectivity index (χ0) is 13.8. The van der Waals surface area contributed by atoms with E-state index in [1.807, 2.05) is 12.1 Å². The van der Waals surface area contributed by atoms with Crippen molar-refractivity contribution < 1.29 is 22.0 Å². The third kappa shape index (κ3) is 3.23. The number of hydrogen-bond acceptors (Lipinski definition) is 1. The van der Waals surface area contributed by atoms with Crippen molar-refractivity contribution >= 4 is 11.6 Å². The normalized spacial score (nSPS) is 18.4. The van der Waals surface area contributed by atoms with Crippen LogP contribution in [0.25, 0.3) is 0 Å². The minimum atomic E-state index is 0. The minimum Gasteiger partial charge on any atom is -1.00 e. The summed E-state index contributed by atoms with van der Waals surface area (Å²) in [5.41, 5.74) is 2.52. The molecule has 2 rings (SSSR count). The van der Waals surface area contributed by atoms with E-state index in [1.54, 1.807) is 7.11 Å². The number of benzene rings is 1. The first-order valence-electron chi connectivity index (χ1n) is 6.86. The van der Waals surface area contributed by atoms with Gasteiger partial charge < -0.3 is 22.0 Å². The van der Waals surface area contributed by atoms with Crippen molar-refractivity contribution in [1.29, 1.82) is 0 Å².